The monoisotopic (exact) mass is 522 g/mol. The van der Waals surface area contributed by atoms with E-state index in [0.717, 1.165) is 0 Å². The second-order valence-electron chi connectivity index (χ2n) is 6.85. The number of halogens is 5. The summed E-state index contributed by atoms with van der Waals surface area (Å²) < 4.78 is 56.8. The molecule has 1 aromatic carbocycles. The number of rotatable bonds is 6. The Morgan fingerprint density at radius 1 is 1.33 bits per heavy atom. The fraction of sp³-hybridized carbons (Fsp3) is 0.350. The summed E-state index contributed by atoms with van der Waals surface area (Å²) in [6, 6.07) is 4.64. The number of aromatic nitrogens is 2. The minimum atomic E-state index is -4.96. The van der Waals surface area contributed by atoms with E-state index < -0.39 is 41.4 Å². The molecule has 1 aliphatic rings. The van der Waals surface area contributed by atoms with Gasteiger partial charge in [-0.2, -0.15) is 13.2 Å². The molecule has 13 heteroatoms. The summed E-state index contributed by atoms with van der Waals surface area (Å²) in [4.78, 5) is 25.4. The molecule has 1 aromatic heterocycles. The Balaban J connectivity index is 1.79. The molecule has 33 heavy (non-hydrogen) atoms. The van der Waals surface area contributed by atoms with Crippen molar-refractivity contribution in [3.05, 3.63) is 66.4 Å². The maximum absolute atomic E-state index is 13.1. The van der Waals surface area contributed by atoms with Crippen molar-refractivity contribution in [1.29, 1.82) is 0 Å². The molecular weight excluding hydrogens is 508 g/mol. The van der Waals surface area contributed by atoms with Gasteiger partial charge in [0.1, 0.15) is 31.1 Å². The molecule has 2 heterocycles. The Kier molecular flexibility index (Phi) is 7.87. The van der Waals surface area contributed by atoms with Gasteiger partial charge in [0.05, 0.1) is 16.1 Å². The zero-order chi connectivity index (χ0) is 24.3. The first-order valence-corrected chi connectivity index (χ1v) is 10.4. The lowest BCUT2D eigenvalue weighted by Crippen LogP contribution is -2.36. The summed E-state index contributed by atoms with van der Waals surface area (Å²) in [5, 5.41) is 0.667. The second kappa shape index (κ2) is 10.3. The van der Waals surface area contributed by atoms with E-state index in [1.54, 1.807) is 11.1 Å². The van der Waals surface area contributed by atoms with Crippen LogP contribution in [0.2, 0.25) is 10.0 Å². The number of aromatic amines is 1. The maximum Gasteiger partial charge on any atom is 0.423 e. The van der Waals surface area contributed by atoms with Crippen LogP contribution < -0.4 is 11.2 Å². The number of H-pyrrole nitrogens is 1. The van der Waals surface area contributed by atoms with Crippen LogP contribution in [0.1, 0.15) is 23.8 Å². The van der Waals surface area contributed by atoms with Crippen molar-refractivity contribution in [3.8, 4) is 12.3 Å². The van der Waals surface area contributed by atoms with E-state index in [4.69, 9.17) is 56.1 Å². The van der Waals surface area contributed by atoms with Crippen molar-refractivity contribution >= 4 is 40.5 Å². The summed E-state index contributed by atoms with van der Waals surface area (Å²) in [6.07, 6.45) is -2.10. The topological polar surface area (TPSA) is 82.6 Å². The first-order valence-electron chi connectivity index (χ1n) is 9.26. The molecular formula is C20H15Cl2F3N2O5S. The Morgan fingerprint density at radius 2 is 2.06 bits per heavy atom. The van der Waals surface area contributed by atoms with Gasteiger partial charge in [0.25, 0.3) is 5.56 Å². The molecule has 0 saturated carbocycles. The molecule has 0 spiro atoms. The van der Waals surface area contributed by atoms with E-state index in [-0.39, 0.29) is 29.7 Å². The number of ether oxygens (including phenoxy) is 3. The van der Waals surface area contributed by atoms with Gasteiger partial charge < -0.3 is 14.2 Å². The Morgan fingerprint density at radius 3 is 2.70 bits per heavy atom. The molecule has 0 amide bonds. The van der Waals surface area contributed by atoms with E-state index in [1.165, 1.54) is 12.1 Å². The molecule has 1 saturated heterocycles. The highest BCUT2D eigenvalue weighted by atomic mass is 35.5. The van der Waals surface area contributed by atoms with Gasteiger partial charge in [-0.05, 0) is 30.4 Å². The zero-order valence-electron chi connectivity index (χ0n) is 16.5. The number of hydrogen-bond donors (Lipinski definition) is 1. The molecule has 3 atom stereocenters. The first kappa shape index (κ1) is 25.3. The fourth-order valence-corrected chi connectivity index (χ4v) is 3.61. The molecule has 7 nitrogen and oxygen atoms in total. The number of nitrogens with zero attached hydrogens (tertiary/aromatic N) is 1. The molecule has 0 radical (unpaired) electrons. The smallest absolute Gasteiger partial charge is 0.423 e. The van der Waals surface area contributed by atoms with Crippen LogP contribution in [0.5, 0.6) is 0 Å². The van der Waals surface area contributed by atoms with Gasteiger partial charge in [-0.3, -0.25) is 14.3 Å². The third kappa shape index (κ3) is 5.96. The Hall–Kier alpha value is -2.36. The number of terminal acetylenes is 1. The average molecular weight is 523 g/mol. The SMILES string of the molecule is C#CCO[C@H]1C[C@H](n2cc(C(F)(F)F)c(=O)[nH]c2=O)O[C@@H]1COC(=S)c1ccc(Cl)c(Cl)c1. The van der Waals surface area contributed by atoms with Gasteiger partial charge in [-0.25, -0.2) is 4.79 Å². The van der Waals surface area contributed by atoms with E-state index in [2.05, 4.69) is 5.92 Å². The Labute approximate surface area is 200 Å². The lowest BCUT2D eigenvalue weighted by Gasteiger charge is -2.19. The highest BCUT2D eigenvalue weighted by molar-refractivity contribution is 7.80. The van der Waals surface area contributed by atoms with Gasteiger partial charge in [0, 0.05) is 18.2 Å². The molecule has 0 aliphatic carbocycles. The van der Waals surface area contributed by atoms with Crippen LogP contribution in [-0.4, -0.2) is 40.0 Å². The molecule has 0 unspecified atom stereocenters. The van der Waals surface area contributed by atoms with Crippen molar-refractivity contribution in [2.75, 3.05) is 13.2 Å². The van der Waals surface area contributed by atoms with Gasteiger partial charge in [0.15, 0.2) is 5.05 Å². The molecule has 2 aromatic rings. The van der Waals surface area contributed by atoms with Crippen molar-refractivity contribution in [1.82, 2.24) is 9.55 Å². The molecule has 1 aliphatic heterocycles. The van der Waals surface area contributed by atoms with Crippen molar-refractivity contribution in [2.24, 2.45) is 0 Å². The molecule has 3 rings (SSSR count). The highest BCUT2D eigenvalue weighted by Crippen LogP contribution is 2.32. The third-order valence-electron chi connectivity index (χ3n) is 4.68. The van der Waals surface area contributed by atoms with Gasteiger partial charge >= 0.3 is 11.9 Å². The van der Waals surface area contributed by atoms with E-state index in [0.29, 0.717) is 21.4 Å². The molecule has 1 fully saturated rings. The number of thiocarbonyl (C=S) groups is 1. The summed E-state index contributed by atoms with van der Waals surface area (Å²) in [7, 11) is 0. The highest BCUT2D eigenvalue weighted by Gasteiger charge is 2.40. The predicted octanol–water partition coefficient (Wildman–Crippen LogP) is 3.56. The largest absolute Gasteiger partial charge is 0.480 e. The van der Waals surface area contributed by atoms with E-state index in [9.17, 15) is 22.8 Å². The minimum absolute atomic E-state index is 0.0293. The quantitative estimate of drug-likeness (QED) is 0.461. The lowest BCUT2D eigenvalue weighted by molar-refractivity contribution is -0.139. The van der Waals surface area contributed by atoms with Gasteiger partial charge in [-0.15, -0.1) is 6.42 Å². The van der Waals surface area contributed by atoms with Crippen molar-refractivity contribution < 1.29 is 27.4 Å². The number of alkyl halides is 3. The van der Waals surface area contributed by atoms with Crippen LogP contribution in [0.25, 0.3) is 0 Å². The third-order valence-corrected chi connectivity index (χ3v) is 5.77. The van der Waals surface area contributed by atoms with Crippen molar-refractivity contribution in [2.45, 2.75) is 31.0 Å². The van der Waals surface area contributed by atoms with Crippen LogP contribution in [0, 0.1) is 12.3 Å². The number of nitrogens with one attached hydrogen (secondary N) is 1. The molecule has 176 valence electrons. The first-order chi connectivity index (χ1) is 15.5. The summed E-state index contributed by atoms with van der Waals surface area (Å²) in [5.74, 6) is 2.28. The van der Waals surface area contributed by atoms with Gasteiger partial charge in [0.2, 0.25) is 0 Å². The maximum atomic E-state index is 13.1. The summed E-state index contributed by atoms with van der Waals surface area (Å²) >= 11 is 17.1. The zero-order valence-corrected chi connectivity index (χ0v) is 18.9. The summed E-state index contributed by atoms with van der Waals surface area (Å²) in [5.41, 5.74) is -3.68. The van der Waals surface area contributed by atoms with E-state index in [1.807, 2.05) is 0 Å². The normalized spacial score (nSPS) is 20.4. The Bertz CT molecular complexity index is 1210. The minimum Gasteiger partial charge on any atom is -0.480 e. The van der Waals surface area contributed by atoms with Crippen LogP contribution >= 0.6 is 35.4 Å². The number of benzene rings is 1. The van der Waals surface area contributed by atoms with E-state index >= 15 is 0 Å². The standard InChI is InChI=1S/C20H15Cl2F3N2O5S/c1-2-5-30-14-7-16(27-8-11(20(23,24)25)17(28)26-19(27)29)32-15(14)9-31-18(33)10-3-4-12(21)13(22)6-10/h1,3-4,6,8,14-16H,5,7,9H2,(H,26,28,29)/t14-,15+,16+/m0/s1. The van der Waals surface area contributed by atoms with Crippen LogP contribution in [0.15, 0.2) is 34.0 Å². The van der Waals surface area contributed by atoms with Gasteiger partial charge in [-0.1, -0.05) is 29.1 Å². The molecule has 1 N–H and O–H groups in total. The van der Waals surface area contributed by atoms with Crippen LogP contribution in [-0.2, 0) is 20.4 Å². The lowest BCUT2D eigenvalue weighted by atomic mass is 10.2. The number of hydrogen-bond acceptors (Lipinski definition) is 6. The van der Waals surface area contributed by atoms with Crippen LogP contribution in [0.4, 0.5) is 13.2 Å². The van der Waals surface area contributed by atoms with Crippen molar-refractivity contribution in [3.63, 3.8) is 0 Å². The molecule has 0 bridgehead atoms. The summed E-state index contributed by atoms with van der Waals surface area (Å²) in [6.45, 7) is -0.266. The average Bonchev–Trinajstić information content (AvgIpc) is 3.14. The van der Waals surface area contributed by atoms with Crippen LogP contribution in [0.3, 0.4) is 0 Å². The second-order valence-corrected chi connectivity index (χ2v) is 8.04. The fourth-order valence-electron chi connectivity index (χ4n) is 3.12. The predicted molar refractivity (Wildman–Crippen MR) is 118 cm³/mol.